The molecule has 2 atom stereocenters. The third-order valence-corrected chi connectivity index (χ3v) is 4.50. The highest BCUT2D eigenvalue weighted by Gasteiger charge is 2.28. The maximum atomic E-state index is 11.2. The van der Waals surface area contributed by atoms with Crippen molar-refractivity contribution < 1.29 is 22.7 Å². The van der Waals surface area contributed by atoms with Gasteiger partial charge in [0, 0.05) is 6.54 Å². The van der Waals surface area contributed by atoms with Crippen LogP contribution >= 0.6 is 0 Å². The molecule has 0 aromatic heterocycles. The molecule has 16 heavy (non-hydrogen) atoms. The highest BCUT2D eigenvalue weighted by atomic mass is 32.2. The van der Waals surface area contributed by atoms with E-state index >= 15 is 0 Å². The minimum absolute atomic E-state index is 0.0229. The van der Waals surface area contributed by atoms with Gasteiger partial charge >= 0.3 is 6.09 Å². The third-order valence-electron chi connectivity index (χ3n) is 2.66. The second kappa shape index (κ2) is 4.58. The second-order valence-electron chi connectivity index (χ2n) is 4.20. The van der Waals surface area contributed by atoms with Gasteiger partial charge in [0.1, 0.15) is 12.7 Å². The quantitative estimate of drug-likeness (QED) is 0.682. The van der Waals surface area contributed by atoms with Gasteiger partial charge in [-0.2, -0.15) is 0 Å². The molecule has 1 amide bonds. The fraction of sp³-hybridized carbons (Fsp3) is 0.889. The fourth-order valence-electron chi connectivity index (χ4n) is 1.64. The molecule has 0 unspecified atom stereocenters. The molecular weight excluding hydrogens is 234 g/mol. The highest BCUT2D eigenvalue weighted by molar-refractivity contribution is 7.91. The lowest BCUT2D eigenvalue weighted by Gasteiger charge is -2.09. The van der Waals surface area contributed by atoms with E-state index < -0.39 is 15.9 Å². The molecular formula is C9H15NO5S. The van der Waals surface area contributed by atoms with Crippen molar-refractivity contribution in [2.75, 3.05) is 31.3 Å². The Kier molecular flexibility index (Phi) is 3.34. The van der Waals surface area contributed by atoms with Crippen LogP contribution in [0.5, 0.6) is 0 Å². The molecule has 0 bridgehead atoms. The first-order valence-electron chi connectivity index (χ1n) is 5.28. The number of epoxide rings is 1. The second-order valence-corrected chi connectivity index (χ2v) is 6.43. The number of carbonyl (C=O) groups is 1. The monoisotopic (exact) mass is 249 g/mol. The molecule has 7 heteroatoms. The van der Waals surface area contributed by atoms with Crippen molar-refractivity contribution in [3.05, 3.63) is 0 Å². The maximum Gasteiger partial charge on any atom is 0.407 e. The predicted octanol–water partition coefficient (Wildman–Crippen LogP) is -0.454. The summed E-state index contributed by atoms with van der Waals surface area (Å²) in [6.45, 7) is 1.28. The summed E-state index contributed by atoms with van der Waals surface area (Å²) in [7, 11) is -2.87. The summed E-state index contributed by atoms with van der Waals surface area (Å²) in [4.78, 5) is 11.2. The van der Waals surface area contributed by atoms with Crippen LogP contribution in [0.3, 0.4) is 0 Å². The van der Waals surface area contributed by atoms with Crippen molar-refractivity contribution in [2.24, 2.45) is 5.92 Å². The average Bonchev–Trinajstić information content (AvgIpc) is 2.97. The lowest BCUT2D eigenvalue weighted by Crippen LogP contribution is -2.31. The van der Waals surface area contributed by atoms with Crippen LogP contribution in [-0.4, -0.2) is 51.9 Å². The Morgan fingerprint density at radius 2 is 2.25 bits per heavy atom. The van der Waals surface area contributed by atoms with E-state index in [4.69, 9.17) is 9.47 Å². The molecule has 0 spiro atoms. The van der Waals surface area contributed by atoms with Gasteiger partial charge in [-0.15, -0.1) is 0 Å². The number of ether oxygens (including phenoxy) is 2. The van der Waals surface area contributed by atoms with Gasteiger partial charge in [-0.05, 0) is 12.3 Å². The van der Waals surface area contributed by atoms with E-state index in [1.54, 1.807) is 0 Å². The SMILES string of the molecule is O=C(NC[C@H]1CCS(=O)(=O)C1)OC[C@H]1CO1. The van der Waals surface area contributed by atoms with Gasteiger partial charge in [0.25, 0.3) is 0 Å². The third kappa shape index (κ3) is 3.64. The summed E-state index contributed by atoms with van der Waals surface area (Å²) in [5.74, 6) is 0.415. The number of sulfone groups is 1. The Morgan fingerprint density at radius 1 is 1.50 bits per heavy atom. The topological polar surface area (TPSA) is 85.0 Å². The molecule has 0 aromatic carbocycles. The van der Waals surface area contributed by atoms with Crippen LogP contribution in [0.1, 0.15) is 6.42 Å². The number of hydrogen-bond donors (Lipinski definition) is 1. The first kappa shape index (κ1) is 11.7. The molecule has 6 nitrogen and oxygen atoms in total. The summed E-state index contributed by atoms with van der Waals surface area (Å²) in [6.07, 6.45) is 0.173. The normalized spacial score (nSPS) is 31.0. The molecule has 2 fully saturated rings. The Bertz CT molecular complexity index is 362. The van der Waals surface area contributed by atoms with Crippen LogP contribution in [0.25, 0.3) is 0 Å². The molecule has 0 aliphatic carbocycles. The van der Waals surface area contributed by atoms with E-state index in [9.17, 15) is 13.2 Å². The number of alkyl carbamates (subject to hydrolysis) is 1. The highest BCUT2D eigenvalue weighted by Crippen LogP contribution is 2.17. The molecule has 0 saturated carbocycles. The predicted molar refractivity (Wildman–Crippen MR) is 55.9 cm³/mol. The first-order chi connectivity index (χ1) is 7.55. The fourth-order valence-corrected chi connectivity index (χ4v) is 3.51. The van der Waals surface area contributed by atoms with Crippen molar-refractivity contribution in [3.63, 3.8) is 0 Å². The molecule has 2 heterocycles. The molecule has 2 saturated heterocycles. The van der Waals surface area contributed by atoms with E-state index in [0.717, 1.165) is 0 Å². The van der Waals surface area contributed by atoms with Crippen LogP contribution in [0, 0.1) is 5.92 Å². The van der Waals surface area contributed by atoms with Gasteiger partial charge in [-0.25, -0.2) is 13.2 Å². The number of rotatable bonds is 4. The summed E-state index contributed by atoms with van der Waals surface area (Å²) >= 11 is 0. The Labute approximate surface area is 94.2 Å². The molecule has 2 rings (SSSR count). The number of amides is 1. The molecule has 2 aliphatic heterocycles. The number of hydrogen-bond acceptors (Lipinski definition) is 5. The zero-order chi connectivity index (χ0) is 11.6. The molecule has 2 aliphatic rings. The minimum Gasteiger partial charge on any atom is -0.447 e. The van der Waals surface area contributed by atoms with Crippen molar-refractivity contribution in [2.45, 2.75) is 12.5 Å². The number of carbonyl (C=O) groups excluding carboxylic acids is 1. The van der Waals surface area contributed by atoms with Crippen molar-refractivity contribution in [3.8, 4) is 0 Å². The van der Waals surface area contributed by atoms with Gasteiger partial charge < -0.3 is 14.8 Å². The zero-order valence-corrected chi connectivity index (χ0v) is 9.66. The van der Waals surface area contributed by atoms with Gasteiger partial charge in [-0.1, -0.05) is 0 Å². The van der Waals surface area contributed by atoms with E-state index in [1.807, 2.05) is 0 Å². The molecule has 0 radical (unpaired) electrons. The molecule has 92 valence electrons. The van der Waals surface area contributed by atoms with Gasteiger partial charge in [-0.3, -0.25) is 0 Å². The van der Waals surface area contributed by atoms with Crippen LogP contribution in [0.4, 0.5) is 4.79 Å². The van der Waals surface area contributed by atoms with Crippen LogP contribution in [0.15, 0.2) is 0 Å². The largest absolute Gasteiger partial charge is 0.447 e. The molecule has 1 N–H and O–H groups in total. The Morgan fingerprint density at radius 3 is 2.81 bits per heavy atom. The average molecular weight is 249 g/mol. The smallest absolute Gasteiger partial charge is 0.407 e. The van der Waals surface area contributed by atoms with Crippen molar-refractivity contribution >= 4 is 15.9 Å². The Hall–Kier alpha value is -0.820. The Balaban J connectivity index is 1.61. The summed E-state index contributed by atoms with van der Waals surface area (Å²) in [5, 5.41) is 2.56. The summed E-state index contributed by atoms with van der Waals surface area (Å²) in [6, 6.07) is 0. The standard InChI is InChI=1S/C9H15NO5S/c11-9(15-5-8-4-14-8)10-3-7-1-2-16(12,13)6-7/h7-8H,1-6H2,(H,10,11)/t7-,8-/m1/s1. The van der Waals surface area contributed by atoms with E-state index in [0.29, 0.717) is 19.6 Å². The minimum atomic E-state index is -2.87. The number of nitrogens with one attached hydrogen (secondary N) is 1. The zero-order valence-electron chi connectivity index (χ0n) is 8.85. The first-order valence-corrected chi connectivity index (χ1v) is 7.10. The van der Waals surface area contributed by atoms with Crippen LogP contribution in [-0.2, 0) is 19.3 Å². The molecule has 0 aromatic rings. The van der Waals surface area contributed by atoms with E-state index in [-0.39, 0.29) is 30.1 Å². The van der Waals surface area contributed by atoms with E-state index in [2.05, 4.69) is 5.32 Å². The lowest BCUT2D eigenvalue weighted by atomic mass is 10.1. The summed E-state index contributed by atoms with van der Waals surface area (Å²) < 4.78 is 32.0. The summed E-state index contributed by atoms with van der Waals surface area (Å²) in [5.41, 5.74) is 0. The van der Waals surface area contributed by atoms with Crippen molar-refractivity contribution in [1.82, 2.24) is 5.32 Å². The van der Waals surface area contributed by atoms with E-state index in [1.165, 1.54) is 0 Å². The van der Waals surface area contributed by atoms with Gasteiger partial charge in [0.05, 0.1) is 18.1 Å². The van der Waals surface area contributed by atoms with Crippen LogP contribution < -0.4 is 5.32 Å². The van der Waals surface area contributed by atoms with Crippen LogP contribution in [0.2, 0.25) is 0 Å². The lowest BCUT2D eigenvalue weighted by molar-refractivity contribution is 0.135. The van der Waals surface area contributed by atoms with Gasteiger partial charge in [0.2, 0.25) is 0 Å². The van der Waals surface area contributed by atoms with Gasteiger partial charge in [0.15, 0.2) is 9.84 Å². The van der Waals surface area contributed by atoms with Crippen molar-refractivity contribution in [1.29, 1.82) is 0 Å². The maximum absolute atomic E-state index is 11.2.